The molecular formula is C8H16N2O2S. The minimum atomic E-state index is -3.11. The second-order valence-electron chi connectivity index (χ2n) is 2.72. The van der Waals surface area contributed by atoms with Crippen LogP contribution in [0.1, 0.15) is 26.7 Å². The normalized spacial score (nSPS) is 11.5. The van der Waals surface area contributed by atoms with E-state index in [0.29, 0.717) is 19.5 Å². The van der Waals surface area contributed by atoms with Gasteiger partial charge in [-0.15, -0.1) is 0 Å². The Kier molecular flexibility index (Phi) is 5.67. The van der Waals surface area contributed by atoms with Gasteiger partial charge in [-0.1, -0.05) is 13.8 Å². The SMILES string of the molecule is CCCS(=O)(=O)N(CC)CCC#N. The summed E-state index contributed by atoms with van der Waals surface area (Å²) in [4.78, 5) is 0. The first kappa shape index (κ1) is 12.4. The van der Waals surface area contributed by atoms with Crippen LogP contribution in [0.5, 0.6) is 0 Å². The van der Waals surface area contributed by atoms with Gasteiger partial charge in [-0.3, -0.25) is 0 Å². The van der Waals surface area contributed by atoms with Crippen molar-refractivity contribution in [2.75, 3.05) is 18.8 Å². The predicted molar refractivity (Wildman–Crippen MR) is 51.6 cm³/mol. The standard InChI is InChI=1S/C8H16N2O2S/c1-3-8-13(11,12)10(4-2)7-5-6-9/h3-5,7-8H2,1-2H3. The number of rotatable bonds is 6. The lowest BCUT2D eigenvalue weighted by molar-refractivity contribution is 0.434. The van der Waals surface area contributed by atoms with Gasteiger partial charge in [0.05, 0.1) is 11.8 Å². The van der Waals surface area contributed by atoms with Crippen molar-refractivity contribution in [3.63, 3.8) is 0 Å². The van der Waals surface area contributed by atoms with Crippen molar-refractivity contribution in [2.24, 2.45) is 0 Å². The Morgan fingerprint density at radius 3 is 2.38 bits per heavy atom. The summed E-state index contributed by atoms with van der Waals surface area (Å²) in [5.41, 5.74) is 0. The van der Waals surface area contributed by atoms with E-state index in [1.165, 1.54) is 4.31 Å². The number of hydrogen-bond acceptors (Lipinski definition) is 3. The average molecular weight is 204 g/mol. The van der Waals surface area contributed by atoms with Crippen LogP contribution in [0.4, 0.5) is 0 Å². The summed E-state index contributed by atoms with van der Waals surface area (Å²) >= 11 is 0. The van der Waals surface area contributed by atoms with Crippen LogP contribution in [-0.2, 0) is 10.0 Å². The molecule has 0 atom stereocenters. The maximum Gasteiger partial charge on any atom is 0.214 e. The maximum absolute atomic E-state index is 11.5. The second kappa shape index (κ2) is 5.95. The Balaban J connectivity index is 4.31. The van der Waals surface area contributed by atoms with Crippen LogP contribution in [0, 0.1) is 11.3 Å². The van der Waals surface area contributed by atoms with Crippen molar-refractivity contribution in [2.45, 2.75) is 26.7 Å². The predicted octanol–water partition coefficient (Wildman–Crippen LogP) is 0.962. The highest BCUT2D eigenvalue weighted by Crippen LogP contribution is 2.03. The van der Waals surface area contributed by atoms with Gasteiger partial charge >= 0.3 is 0 Å². The zero-order chi connectivity index (χ0) is 10.3. The maximum atomic E-state index is 11.5. The molecule has 0 saturated carbocycles. The lowest BCUT2D eigenvalue weighted by Gasteiger charge is -2.18. The fourth-order valence-electron chi connectivity index (χ4n) is 1.06. The molecule has 4 nitrogen and oxygen atoms in total. The third-order valence-corrected chi connectivity index (χ3v) is 3.83. The van der Waals surface area contributed by atoms with Crippen LogP contribution in [0.2, 0.25) is 0 Å². The fraction of sp³-hybridized carbons (Fsp3) is 0.875. The molecule has 0 saturated heterocycles. The highest BCUT2D eigenvalue weighted by Gasteiger charge is 2.18. The minimum Gasteiger partial charge on any atom is -0.212 e. The first-order chi connectivity index (χ1) is 6.08. The zero-order valence-corrected chi connectivity index (χ0v) is 8.97. The number of sulfonamides is 1. The molecule has 0 aliphatic heterocycles. The molecule has 0 heterocycles. The van der Waals surface area contributed by atoms with E-state index in [1.807, 2.05) is 13.0 Å². The van der Waals surface area contributed by atoms with Gasteiger partial charge in [0.25, 0.3) is 0 Å². The van der Waals surface area contributed by atoms with E-state index in [0.717, 1.165) is 0 Å². The summed E-state index contributed by atoms with van der Waals surface area (Å²) in [6.07, 6.45) is 0.877. The number of nitrogens with zero attached hydrogens (tertiary/aromatic N) is 2. The molecule has 0 aromatic rings. The third-order valence-electron chi connectivity index (χ3n) is 1.68. The van der Waals surface area contributed by atoms with Crippen molar-refractivity contribution in [1.82, 2.24) is 4.31 Å². The molecule has 0 rings (SSSR count). The van der Waals surface area contributed by atoms with Gasteiger partial charge in [-0.2, -0.15) is 5.26 Å². The van der Waals surface area contributed by atoms with Gasteiger partial charge in [0.1, 0.15) is 0 Å². The molecule has 5 heteroatoms. The summed E-state index contributed by atoms with van der Waals surface area (Å²) in [6, 6.07) is 1.94. The molecule has 0 aromatic heterocycles. The molecule has 0 fully saturated rings. The minimum absolute atomic E-state index is 0.173. The smallest absolute Gasteiger partial charge is 0.212 e. The molecule has 13 heavy (non-hydrogen) atoms. The molecule has 0 bridgehead atoms. The second-order valence-corrected chi connectivity index (χ2v) is 4.80. The Morgan fingerprint density at radius 1 is 1.38 bits per heavy atom. The van der Waals surface area contributed by atoms with E-state index >= 15 is 0 Å². The average Bonchev–Trinajstić information content (AvgIpc) is 2.05. The van der Waals surface area contributed by atoms with Gasteiger partial charge in [0.15, 0.2) is 0 Å². The third kappa shape index (κ3) is 4.25. The Morgan fingerprint density at radius 2 is 2.00 bits per heavy atom. The van der Waals surface area contributed by atoms with Crippen molar-refractivity contribution < 1.29 is 8.42 Å². The van der Waals surface area contributed by atoms with Gasteiger partial charge < -0.3 is 0 Å². The Hall–Kier alpha value is -0.600. The summed E-state index contributed by atoms with van der Waals surface area (Å²) in [7, 11) is -3.11. The number of hydrogen-bond donors (Lipinski definition) is 0. The molecule has 0 aliphatic rings. The molecule has 0 unspecified atom stereocenters. The topological polar surface area (TPSA) is 61.2 Å². The van der Waals surface area contributed by atoms with Gasteiger partial charge in [-0.25, -0.2) is 12.7 Å². The molecule has 0 radical (unpaired) electrons. The largest absolute Gasteiger partial charge is 0.214 e. The highest BCUT2D eigenvalue weighted by atomic mass is 32.2. The molecule has 0 amide bonds. The quantitative estimate of drug-likeness (QED) is 0.647. The van der Waals surface area contributed by atoms with E-state index in [-0.39, 0.29) is 12.2 Å². The van der Waals surface area contributed by atoms with Crippen LogP contribution in [-0.4, -0.2) is 31.6 Å². The van der Waals surface area contributed by atoms with Crippen LogP contribution in [0.25, 0.3) is 0 Å². The van der Waals surface area contributed by atoms with Gasteiger partial charge in [0.2, 0.25) is 10.0 Å². The Bertz CT molecular complexity index is 266. The molecule has 76 valence electrons. The van der Waals surface area contributed by atoms with E-state index in [4.69, 9.17) is 5.26 Å². The van der Waals surface area contributed by atoms with Crippen molar-refractivity contribution in [1.29, 1.82) is 5.26 Å². The summed E-state index contributed by atoms with van der Waals surface area (Å²) in [5, 5.41) is 8.33. The first-order valence-electron chi connectivity index (χ1n) is 4.43. The fourth-order valence-corrected chi connectivity index (χ4v) is 2.59. The van der Waals surface area contributed by atoms with Crippen LogP contribution in [0.15, 0.2) is 0 Å². The van der Waals surface area contributed by atoms with Crippen LogP contribution in [0.3, 0.4) is 0 Å². The zero-order valence-electron chi connectivity index (χ0n) is 8.15. The van der Waals surface area contributed by atoms with Crippen LogP contribution < -0.4 is 0 Å². The van der Waals surface area contributed by atoms with Gasteiger partial charge in [-0.05, 0) is 6.42 Å². The summed E-state index contributed by atoms with van der Waals surface area (Å²) in [5.74, 6) is 0.173. The van der Waals surface area contributed by atoms with Crippen molar-refractivity contribution in [3.05, 3.63) is 0 Å². The van der Waals surface area contributed by atoms with Crippen molar-refractivity contribution >= 4 is 10.0 Å². The highest BCUT2D eigenvalue weighted by molar-refractivity contribution is 7.89. The summed E-state index contributed by atoms with van der Waals surface area (Å²) in [6.45, 7) is 4.37. The summed E-state index contributed by atoms with van der Waals surface area (Å²) < 4.78 is 24.3. The van der Waals surface area contributed by atoms with Crippen LogP contribution >= 0.6 is 0 Å². The lowest BCUT2D eigenvalue weighted by Crippen LogP contribution is -2.33. The molecule has 0 aromatic carbocycles. The monoisotopic (exact) mass is 204 g/mol. The lowest BCUT2D eigenvalue weighted by atomic mass is 10.5. The Labute approximate surface area is 80.2 Å². The molecule has 0 aliphatic carbocycles. The van der Waals surface area contributed by atoms with Gasteiger partial charge in [0, 0.05) is 19.5 Å². The molecular weight excluding hydrogens is 188 g/mol. The van der Waals surface area contributed by atoms with Crippen molar-refractivity contribution in [3.8, 4) is 6.07 Å². The van der Waals surface area contributed by atoms with E-state index < -0.39 is 10.0 Å². The molecule has 0 spiro atoms. The van der Waals surface area contributed by atoms with E-state index in [1.54, 1.807) is 6.92 Å². The molecule has 0 N–H and O–H groups in total. The number of nitriles is 1. The first-order valence-corrected chi connectivity index (χ1v) is 6.04. The van der Waals surface area contributed by atoms with E-state index in [2.05, 4.69) is 0 Å². The van der Waals surface area contributed by atoms with E-state index in [9.17, 15) is 8.42 Å².